The molecule has 112 valence electrons. The summed E-state index contributed by atoms with van der Waals surface area (Å²) < 4.78 is 5.32. The van der Waals surface area contributed by atoms with Crippen LogP contribution in [0.3, 0.4) is 0 Å². The molecule has 2 N–H and O–H groups in total. The lowest BCUT2D eigenvalue weighted by atomic mass is 9.87. The molecule has 3 rings (SSSR count). The van der Waals surface area contributed by atoms with Crippen molar-refractivity contribution in [3.05, 3.63) is 29.3 Å². The highest BCUT2D eigenvalue weighted by atomic mass is 35.5. The molecule has 0 unspecified atom stereocenters. The van der Waals surface area contributed by atoms with Gasteiger partial charge in [0.05, 0.1) is 0 Å². The van der Waals surface area contributed by atoms with E-state index in [0.29, 0.717) is 10.9 Å². The van der Waals surface area contributed by atoms with Gasteiger partial charge in [0.1, 0.15) is 0 Å². The molecular formula is C16H19ClN2O2. The first-order valence-electron chi connectivity index (χ1n) is 7.37. The molecule has 5 heteroatoms. The molecule has 1 amide bonds. The van der Waals surface area contributed by atoms with Crippen LogP contribution in [0.1, 0.15) is 32.6 Å². The molecule has 4 nitrogen and oxygen atoms in total. The molecule has 1 aromatic carbocycles. The van der Waals surface area contributed by atoms with Crippen LogP contribution < -0.4 is 10.1 Å². The van der Waals surface area contributed by atoms with Crippen LogP contribution in [0.25, 0.3) is 10.9 Å². The van der Waals surface area contributed by atoms with Gasteiger partial charge in [0.2, 0.25) is 5.88 Å². The van der Waals surface area contributed by atoms with Crippen molar-refractivity contribution in [2.45, 2.75) is 38.6 Å². The van der Waals surface area contributed by atoms with Gasteiger partial charge in [-0.25, -0.2) is 4.79 Å². The molecule has 1 saturated carbocycles. The zero-order chi connectivity index (χ0) is 14.8. The number of carbonyl (C=O) groups excluding carboxylic acids is 1. The fraction of sp³-hybridized carbons (Fsp3) is 0.438. The van der Waals surface area contributed by atoms with Gasteiger partial charge in [-0.05, 0) is 43.7 Å². The lowest BCUT2D eigenvalue weighted by Crippen LogP contribution is -2.39. The number of aromatic amines is 1. The van der Waals surface area contributed by atoms with E-state index < -0.39 is 6.09 Å². The quantitative estimate of drug-likeness (QED) is 0.859. The number of nitrogens with one attached hydrogen (secondary N) is 2. The molecule has 1 fully saturated rings. The second-order valence-corrected chi connectivity index (χ2v) is 6.29. The van der Waals surface area contributed by atoms with Gasteiger partial charge in [-0.1, -0.05) is 24.6 Å². The number of carbonyl (C=O) groups is 1. The molecular weight excluding hydrogens is 288 g/mol. The molecule has 0 saturated heterocycles. The highest BCUT2D eigenvalue weighted by Gasteiger charge is 2.20. The first-order chi connectivity index (χ1) is 10.1. The van der Waals surface area contributed by atoms with E-state index in [2.05, 4.69) is 17.2 Å². The van der Waals surface area contributed by atoms with Gasteiger partial charge in [-0.15, -0.1) is 0 Å². The fourth-order valence-electron chi connectivity index (χ4n) is 2.83. The summed E-state index contributed by atoms with van der Waals surface area (Å²) >= 11 is 5.93. The molecule has 0 bridgehead atoms. The summed E-state index contributed by atoms with van der Waals surface area (Å²) in [6.45, 7) is 2.25. The summed E-state index contributed by atoms with van der Waals surface area (Å²) in [6.07, 6.45) is 3.98. The van der Waals surface area contributed by atoms with Crippen LogP contribution in [-0.4, -0.2) is 17.1 Å². The Morgan fingerprint density at radius 1 is 1.29 bits per heavy atom. The van der Waals surface area contributed by atoms with Gasteiger partial charge in [0, 0.05) is 28.0 Å². The molecule has 1 aliphatic rings. The molecule has 0 atom stereocenters. The Kier molecular flexibility index (Phi) is 4.06. The zero-order valence-electron chi connectivity index (χ0n) is 12.0. The summed E-state index contributed by atoms with van der Waals surface area (Å²) in [5.74, 6) is 1.20. The van der Waals surface area contributed by atoms with Crippen LogP contribution in [0.5, 0.6) is 5.88 Å². The third-order valence-electron chi connectivity index (χ3n) is 4.10. The van der Waals surface area contributed by atoms with Crippen molar-refractivity contribution in [2.75, 3.05) is 0 Å². The molecule has 0 aliphatic heterocycles. The minimum absolute atomic E-state index is 0.229. The predicted molar refractivity (Wildman–Crippen MR) is 83.9 cm³/mol. The second-order valence-electron chi connectivity index (χ2n) is 5.86. The first-order valence-corrected chi connectivity index (χ1v) is 7.74. The van der Waals surface area contributed by atoms with Crippen LogP contribution in [-0.2, 0) is 0 Å². The normalized spacial score (nSPS) is 22.2. The van der Waals surface area contributed by atoms with Gasteiger partial charge in [0.25, 0.3) is 0 Å². The number of rotatable bonds is 2. The SMILES string of the molecule is CC1CCC(NC(=O)Oc2cc3ccc(Cl)cc3[nH]2)CC1. The Balaban J connectivity index is 1.60. The number of fused-ring (bicyclic) bond motifs is 1. The van der Waals surface area contributed by atoms with E-state index >= 15 is 0 Å². The Bertz CT molecular complexity index is 645. The van der Waals surface area contributed by atoms with E-state index in [9.17, 15) is 4.79 Å². The smallest absolute Gasteiger partial charge is 0.393 e. The summed E-state index contributed by atoms with van der Waals surface area (Å²) in [6, 6.07) is 7.54. The van der Waals surface area contributed by atoms with Gasteiger partial charge in [-0.2, -0.15) is 0 Å². The topological polar surface area (TPSA) is 54.1 Å². The number of halogens is 1. The molecule has 1 aliphatic carbocycles. The number of amides is 1. The van der Waals surface area contributed by atoms with E-state index in [-0.39, 0.29) is 6.04 Å². The van der Waals surface area contributed by atoms with E-state index in [1.165, 1.54) is 0 Å². The zero-order valence-corrected chi connectivity index (χ0v) is 12.7. The lowest BCUT2D eigenvalue weighted by Gasteiger charge is -2.26. The van der Waals surface area contributed by atoms with Crippen LogP contribution >= 0.6 is 11.6 Å². The van der Waals surface area contributed by atoms with Gasteiger partial charge >= 0.3 is 6.09 Å². The summed E-state index contributed by atoms with van der Waals surface area (Å²) in [5.41, 5.74) is 0.858. The number of hydrogen-bond donors (Lipinski definition) is 2. The Morgan fingerprint density at radius 2 is 2.05 bits per heavy atom. The van der Waals surface area contributed by atoms with Crippen LogP contribution in [0, 0.1) is 5.92 Å². The second kappa shape index (κ2) is 5.98. The molecule has 1 heterocycles. The Morgan fingerprint density at radius 3 is 2.81 bits per heavy atom. The van der Waals surface area contributed by atoms with Crippen molar-refractivity contribution >= 4 is 28.6 Å². The highest BCUT2D eigenvalue weighted by molar-refractivity contribution is 6.31. The van der Waals surface area contributed by atoms with Gasteiger partial charge in [-0.3, -0.25) is 0 Å². The Labute approximate surface area is 128 Å². The number of H-pyrrole nitrogens is 1. The lowest BCUT2D eigenvalue weighted by molar-refractivity contribution is 0.187. The van der Waals surface area contributed by atoms with Crippen molar-refractivity contribution in [3.63, 3.8) is 0 Å². The van der Waals surface area contributed by atoms with Gasteiger partial charge < -0.3 is 15.0 Å². The third kappa shape index (κ3) is 3.50. The van der Waals surface area contributed by atoms with Crippen LogP contribution in [0.15, 0.2) is 24.3 Å². The monoisotopic (exact) mass is 306 g/mol. The van der Waals surface area contributed by atoms with Crippen molar-refractivity contribution in [1.82, 2.24) is 10.3 Å². The van der Waals surface area contributed by atoms with E-state index in [1.807, 2.05) is 18.2 Å². The van der Waals surface area contributed by atoms with Crippen molar-refractivity contribution in [3.8, 4) is 5.88 Å². The predicted octanol–water partition coefficient (Wildman–Crippen LogP) is 4.49. The molecule has 0 radical (unpaired) electrons. The maximum atomic E-state index is 11.9. The van der Waals surface area contributed by atoms with Crippen LogP contribution in [0.2, 0.25) is 5.02 Å². The summed E-state index contributed by atoms with van der Waals surface area (Å²) in [5, 5.41) is 4.55. The number of hydrogen-bond acceptors (Lipinski definition) is 2. The minimum atomic E-state index is -0.396. The number of benzene rings is 1. The first kappa shape index (κ1) is 14.3. The standard InChI is InChI=1S/C16H19ClN2O2/c1-10-2-6-13(7-3-10)18-16(20)21-15-8-11-4-5-12(17)9-14(11)19-15/h4-5,8-10,13,19H,2-3,6-7H2,1H3,(H,18,20). The third-order valence-corrected chi connectivity index (χ3v) is 4.34. The largest absolute Gasteiger partial charge is 0.414 e. The Hall–Kier alpha value is -1.68. The molecule has 0 spiro atoms. The summed E-state index contributed by atoms with van der Waals surface area (Å²) in [7, 11) is 0. The maximum Gasteiger partial charge on any atom is 0.414 e. The van der Waals surface area contributed by atoms with E-state index in [1.54, 1.807) is 6.07 Å². The summed E-state index contributed by atoms with van der Waals surface area (Å²) in [4.78, 5) is 15.0. The molecule has 2 aromatic rings. The number of ether oxygens (including phenoxy) is 1. The van der Waals surface area contributed by atoms with Crippen molar-refractivity contribution in [2.24, 2.45) is 5.92 Å². The van der Waals surface area contributed by atoms with Crippen LogP contribution in [0.4, 0.5) is 4.79 Å². The highest BCUT2D eigenvalue weighted by Crippen LogP contribution is 2.25. The average molecular weight is 307 g/mol. The van der Waals surface area contributed by atoms with Crippen molar-refractivity contribution in [1.29, 1.82) is 0 Å². The van der Waals surface area contributed by atoms with Gasteiger partial charge in [0.15, 0.2) is 0 Å². The average Bonchev–Trinajstić information content (AvgIpc) is 2.82. The van der Waals surface area contributed by atoms with E-state index in [4.69, 9.17) is 16.3 Å². The molecule has 21 heavy (non-hydrogen) atoms. The van der Waals surface area contributed by atoms with E-state index in [0.717, 1.165) is 42.5 Å². The fourth-order valence-corrected chi connectivity index (χ4v) is 3.00. The van der Waals surface area contributed by atoms with Crippen molar-refractivity contribution < 1.29 is 9.53 Å². The minimum Gasteiger partial charge on any atom is -0.393 e. The molecule has 1 aromatic heterocycles. The number of aromatic nitrogens is 1. The maximum absolute atomic E-state index is 11.9.